The smallest absolute Gasteiger partial charge is 0.255 e. The number of aryl methyl sites for hydroxylation is 2. The number of hydrogen-bond donors (Lipinski definition) is 2. The fourth-order valence-electron chi connectivity index (χ4n) is 3.97. The molecule has 0 saturated heterocycles. The third-order valence-electron chi connectivity index (χ3n) is 6.04. The summed E-state index contributed by atoms with van der Waals surface area (Å²) in [6.07, 6.45) is 0. The van der Waals surface area contributed by atoms with Crippen molar-refractivity contribution in [2.75, 3.05) is 10.6 Å². The second kappa shape index (κ2) is 10.2. The monoisotopic (exact) mass is 480 g/mol. The number of nitrogens with one attached hydrogen (secondary N) is 2. The topological polar surface area (TPSA) is 76.0 Å². The van der Waals surface area contributed by atoms with Crippen LogP contribution in [0.5, 0.6) is 0 Å². The number of amides is 2. The maximum Gasteiger partial charge on any atom is 0.255 e. The van der Waals surface area contributed by atoms with Gasteiger partial charge < -0.3 is 10.6 Å². The Morgan fingerprint density at radius 3 is 1.78 bits per heavy atom. The van der Waals surface area contributed by atoms with E-state index in [1.54, 1.807) is 24.3 Å². The van der Waals surface area contributed by atoms with Crippen molar-refractivity contribution in [3.8, 4) is 0 Å². The van der Waals surface area contributed by atoms with Gasteiger partial charge in [-0.3, -0.25) is 14.3 Å². The summed E-state index contributed by atoms with van der Waals surface area (Å²) in [4.78, 5) is 25.5. The van der Waals surface area contributed by atoms with E-state index >= 15 is 0 Å². The third-order valence-corrected chi connectivity index (χ3v) is 6.04. The zero-order valence-corrected chi connectivity index (χ0v) is 21.4. The number of benzene rings is 3. The van der Waals surface area contributed by atoms with Crippen LogP contribution in [0, 0.1) is 13.8 Å². The van der Waals surface area contributed by atoms with Gasteiger partial charge in [0, 0.05) is 28.2 Å². The Bertz CT molecular complexity index is 1380. The number of carbonyl (C=O) groups is 2. The zero-order valence-electron chi connectivity index (χ0n) is 21.4. The molecule has 3 aromatic carbocycles. The lowest BCUT2D eigenvalue weighted by Crippen LogP contribution is -2.15. The Morgan fingerprint density at radius 2 is 1.31 bits per heavy atom. The average Bonchev–Trinajstić information content (AvgIpc) is 3.15. The number of hydrogen-bond acceptors (Lipinski definition) is 3. The van der Waals surface area contributed by atoms with Crippen LogP contribution in [0.2, 0.25) is 0 Å². The van der Waals surface area contributed by atoms with Crippen LogP contribution in [0.4, 0.5) is 11.4 Å². The lowest BCUT2D eigenvalue weighted by Gasteiger charge is -2.19. The van der Waals surface area contributed by atoms with Crippen LogP contribution in [-0.2, 0) is 12.0 Å². The number of nitrogens with zero attached hydrogens (tertiary/aromatic N) is 2. The predicted octanol–water partition coefficient (Wildman–Crippen LogP) is 6.35. The molecule has 4 aromatic rings. The number of aromatic nitrogens is 2. The average molecular weight is 481 g/mol. The maximum atomic E-state index is 12.8. The molecule has 0 fully saturated rings. The highest BCUT2D eigenvalue weighted by atomic mass is 16.2. The molecule has 0 bridgehead atoms. The molecule has 6 heteroatoms. The van der Waals surface area contributed by atoms with Gasteiger partial charge in [-0.05, 0) is 78.9 Å². The molecule has 0 aliphatic rings. The van der Waals surface area contributed by atoms with E-state index in [4.69, 9.17) is 0 Å². The molecule has 1 aromatic heterocycles. The molecule has 0 spiro atoms. The molecule has 0 radical (unpaired) electrons. The minimum absolute atomic E-state index is 0.0276. The Kier molecular flexibility index (Phi) is 7.06. The summed E-state index contributed by atoms with van der Waals surface area (Å²) < 4.78 is 1.95. The van der Waals surface area contributed by atoms with Gasteiger partial charge in [-0.25, -0.2) is 0 Å². The van der Waals surface area contributed by atoms with Crippen LogP contribution in [0.15, 0.2) is 78.9 Å². The second-order valence-electron chi connectivity index (χ2n) is 10.1. The largest absolute Gasteiger partial charge is 0.322 e. The van der Waals surface area contributed by atoms with Gasteiger partial charge in [0.25, 0.3) is 11.8 Å². The van der Waals surface area contributed by atoms with E-state index in [0.29, 0.717) is 29.0 Å². The summed E-state index contributed by atoms with van der Waals surface area (Å²) in [6.45, 7) is 11.1. The Balaban J connectivity index is 1.38. The van der Waals surface area contributed by atoms with Gasteiger partial charge in [-0.1, -0.05) is 51.1 Å². The molecule has 36 heavy (non-hydrogen) atoms. The molecule has 0 atom stereocenters. The molecule has 6 nitrogen and oxygen atoms in total. The zero-order chi connectivity index (χ0) is 25.9. The quantitative estimate of drug-likeness (QED) is 0.338. The Morgan fingerprint density at radius 1 is 0.778 bits per heavy atom. The van der Waals surface area contributed by atoms with Crippen LogP contribution < -0.4 is 10.6 Å². The van der Waals surface area contributed by atoms with Crippen LogP contribution in [0.1, 0.15) is 64.0 Å². The Hall–Kier alpha value is -4.19. The van der Waals surface area contributed by atoms with E-state index in [-0.39, 0.29) is 17.2 Å². The van der Waals surface area contributed by atoms with Gasteiger partial charge in [0.05, 0.1) is 12.2 Å². The van der Waals surface area contributed by atoms with Crippen molar-refractivity contribution in [2.24, 2.45) is 0 Å². The summed E-state index contributed by atoms with van der Waals surface area (Å²) in [5.41, 5.74) is 6.70. The third kappa shape index (κ3) is 6.08. The molecule has 0 unspecified atom stereocenters. The van der Waals surface area contributed by atoms with E-state index in [1.165, 1.54) is 5.56 Å². The van der Waals surface area contributed by atoms with Crippen LogP contribution in [0.3, 0.4) is 0 Å². The lowest BCUT2D eigenvalue weighted by atomic mass is 9.87. The van der Waals surface area contributed by atoms with Gasteiger partial charge in [-0.15, -0.1) is 0 Å². The molecule has 2 amide bonds. The highest BCUT2D eigenvalue weighted by Crippen LogP contribution is 2.23. The van der Waals surface area contributed by atoms with Crippen molar-refractivity contribution in [3.05, 3.63) is 113 Å². The molecular formula is C30H32N4O2. The number of rotatable bonds is 6. The van der Waals surface area contributed by atoms with Crippen LogP contribution in [0.25, 0.3) is 0 Å². The van der Waals surface area contributed by atoms with Crippen LogP contribution in [-0.4, -0.2) is 21.6 Å². The fourth-order valence-corrected chi connectivity index (χ4v) is 3.97. The maximum absolute atomic E-state index is 12.8. The first kappa shape index (κ1) is 24.9. The van der Waals surface area contributed by atoms with Crippen molar-refractivity contribution in [2.45, 2.75) is 46.6 Å². The predicted molar refractivity (Wildman–Crippen MR) is 145 cm³/mol. The fraction of sp³-hybridized carbons (Fsp3) is 0.233. The van der Waals surface area contributed by atoms with E-state index < -0.39 is 0 Å². The summed E-state index contributed by atoms with van der Waals surface area (Å²) in [7, 11) is 0. The number of carbonyl (C=O) groups excluding carboxylic acids is 2. The first-order chi connectivity index (χ1) is 17.1. The van der Waals surface area contributed by atoms with Gasteiger partial charge in [0.2, 0.25) is 0 Å². The molecule has 1 heterocycles. The van der Waals surface area contributed by atoms with Gasteiger partial charge in [0.15, 0.2) is 0 Å². The normalized spacial score (nSPS) is 11.2. The minimum atomic E-state index is -0.214. The van der Waals surface area contributed by atoms with Crippen molar-refractivity contribution in [1.29, 1.82) is 0 Å². The highest BCUT2D eigenvalue weighted by Gasteiger charge is 2.15. The van der Waals surface area contributed by atoms with Gasteiger partial charge in [0.1, 0.15) is 0 Å². The van der Waals surface area contributed by atoms with Crippen LogP contribution >= 0.6 is 0 Å². The highest BCUT2D eigenvalue weighted by molar-refractivity contribution is 6.06. The SMILES string of the molecule is Cc1cc(C)n(Cc2ccc(C(=O)Nc3cccc(NC(=O)c4ccc(C(C)(C)C)cc4)c3)cc2)n1. The van der Waals surface area contributed by atoms with Gasteiger partial charge in [-0.2, -0.15) is 5.10 Å². The molecular weight excluding hydrogens is 448 g/mol. The van der Waals surface area contributed by atoms with Crippen molar-refractivity contribution in [3.63, 3.8) is 0 Å². The summed E-state index contributed by atoms with van der Waals surface area (Å²) in [5.74, 6) is -0.411. The first-order valence-electron chi connectivity index (χ1n) is 12.0. The van der Waals surface area contributed by atoms with E-state index in [2.05, 4.69) is 36.5 Å². The Labute approximate surface area is 212 Å². The summed E-state index contributed by atoms with van der Waals surface area (Å²) in [5, 5.41) is 10.3. The van der Waals surface area contributed by atoms with Crippen molar-refractivity contribution >= 4 is 23.2 Å². The summed E-state index contributed by atoms with van der Waals surface area (Å²) in [6, 6.07) is 24.3. The van der Waals surface area contributed by atoms with Crippen molar-refractivity contribution in [1.82, 2.24) is 9.78 Å². The molecule has 0 aliphatic heterocycles. The van der Waals surface area contributed by atoms with E-state index in [1.807, 2.05) is 73.1 Å². The van der Waals surface area contributed by atoms with E-state index in [9.17, 15) is 9.59 Å². The molecule has 184 valence electrons. The standard InChI is InChI=1S/C30H32N4O2/c1-20-17-21(2)34(33-20)19-22-9-11-23(12-10-22)28(35)31-26-7-6-8-27(18-26)32-29(36)24-13-15-25(16-14-24)30(3,4)5/h6-18H,19H2,1-5H3,(H,31,35)(H,32,36). The summed E-state index contributed by atoms with van der Waals surface area (Å²) >= 11 is 0. The molecule has 0 saturated carbocycles. The first-order valence-corrected chi connectivity index (χ1v) is 12.0. The van der Waals surface area contributed by atoms with Gasteiger partial charge >= 0.3 is 0 Å². The molecule has 0 aliphatic carbocycles. The van der Waals surface area contributed by atoms with E-state index in [0.717, 1.165) is 17.0 Å². The molecule has 2 N–H and O–H groups in total. The molecule has 4 rings (SSSR count). The minimum Gasteiger partial charge on any atom is -0.322 e. The van der Waals surface area contributed by atoms with Crippen molar-refractivity contribution < 1.29 is 9.59 Å². The number of anilines is 2. The lowest BCUT2D eigenvalue weighted by molar-refractivity contribution is 0.101. The second-order valence-corrected chi connectivity index (χ2v) is 10.1.